The van der Waals surface area contributed by atoms with E-state index in [0.717, 1.165) is 62.1 Å². The Balaban J connectivity index is 0. The average molecular weight is 865 g/mol. The number of carbonyl (C=O) groups is 2. The van der Waals surface area contributed by atoms with Crippen molar-refractivity contribution in [3.63, 3.8) is 0 Å². The summed E-state index contributed by atoms with van der Waals surface area (Å²) in [7, 11) is 0. The molecule has 0 atom stereocenters. The molecule has 1 aromatic carbocycles. The first-order chi connectivity index (χ1) is 30.0. The van der Waals surface area contributed by atoms with Crippen molar-refractivity contribution in [2.45, 2.75) is 221 Å². The maximum atomic E-state index is 8.89. The van der Waals surface area contributed by atoms with E-state index >= 15 is 0 Å². The van der Waals surface area contributed by atoms with Crippen molar-refractivity contribution >= 4 is 11.9 Å². The van der Waals surface area contributed by atoms with Gasteiger partial charge in [-0.2, -0.15) is 0 Å². The molecule has 0 amide bonds. The molecule has 0 unspecified atom stereocenters. The van der Waals surface area contributed by atoms with E-state index in [9.17, 15) is 0 Å². The van der Waals surface area contributed by atoms with Gasteiger partial charge in [-0.25, -0.2) is 0 Å². The number of hydrogen-bond donors (Lipinski definition) is 0. The van der Waals surface area contributed by atoms with Crippen molar-refractivity contribution in [2.75, 3.05) is 39.3 Å². The highest BCUT2D eigenvalue weighted by Crippen LogP contribution is 2.23. The summed E-state index contributed by atoms with van der Waals surface area (Å²) in [4.78, 5) is 17.8. The molecule has 358 valence electrons. The fraction of sp³-hybridized carbons (Fsp3) is 0.714. The first kappa shape index (κ1) is 61.1. The van der Waals surface area contributed by atoms with Crippen LogP contribution < -0.4 is 10.2 Å². The third kappa shape index (κ3) is 39.9. The zero-order chi connectivity index (χ0) is 46.4. The van der Waals surface area contributed by atoms with E-state index in [4.69, 9.17) is 19.8 Å². The molecule has 0 heterocycles. The van der Waals surface area contributed by atoms with Crippen LogP contribution in [0.1, 0.15) is 219 Å². The summed E-state index contributed by atoms with van der Waals surface area (Å²) in [6, 6.07) is 9.62. The molecule has 62 heavy (non-hydrogen) atoms. The molecule has 0 aliphatic rings. The van der Waals surface area contributed by atoms with E-state index in [0.29, 0.717) is 0 Å². The van der Waals surface area contributed by atoms with Gasteiger partial charge in [-0.05, 0) is 63.8 Å². The molecule has 0 aliphatic heterocycles. The lowest BCUT2D eigenvalue weighted by molar-refractivity contribution is -0.930. The third-order valence-corrected chi connectivity index (χ3v) is 12.1. The number of hydrogen-bond acceptors (Lipinski definition) is 4. The highest BCUT2D eigenvalue weighted by Gasteiger charge is 2.27. The Morgan fingerprint density at radius 2 is 0.581 bits per heavy atom. The van der Waals surface area contributed by atoms with E-state index in [1.54, 1.807) is 0 Å². The van der Waals surface area contributed by atoms with Crippen LogP contribution in [0.15, 0.2) is 74.9 Å². The van der Waals surface area contributed by atoms with Crippen molar-refractivity contribution in [3.05, 3.63) is 86.0 Å². The molecule has 0 N–H and O–H groups in total. The second kappa shape index (κ2) is 44.6. The average Bonchev–Trinajstić information content (AvgIpc) is 3.22. The van der Waals surface area contributed by atoms with Crippen molar-refractivity contribution in [2.24, 2.45) is 0 Å². The molecule has 0 aliphatic carbocycles. The fourth-order valence-electron chi connectivity index (χ4n) is 8.83. The third-order valence-electron chi connectivity index (χ3n) is 12.1. The smallest absolute Gasteiger partial charge is 0.105 e. The maximum Gasteiger partial charge on any atom is 0.105 e. The molecule has 0 fully saturated rings. The number of benzene rings is 1. The summed E-state index contributed by atoms with van der Waals surface area (Å²) < 4.78 is 2.08. The van der Waals surface area contributed by atoms with Crippen molar-refractivity contribution < 1.29 is 28.8 Å². The van der Waals surface area contributed by atoms with Crippen molar-refractivity contribution in [3.8, 4) is 0 Å². The van der Waals surface area contributed by atoms with E-state index in [1.165, 1.54) is 204 Å². The van der Waals surface area contributed by atoms with E-state index in [2.05, 4.69) is 88.7 Å². The fourth-order valence-corrected chi connectivity index (χ4v) is 8.83. The van der Waals surface area contributed by atoms with Crippen LogP contribution in [0.3, 0.4) is 0 Å². The van der Waals surface area contributed by atoms with E-state index in [1.807, 2.05) is 0 Å². The van der Waals surface area contributed by atoms with Crippen LogP contribution >= 0.6 is 0 Å². The number of rotatable bonds is 42. The molecule has 0 aromatic heterocycles. The standard InChI is InChI=1S/C52H94N2.2C2H4O2/c1-7-13-15-17-19-21-23-25-27-29-31-33-35-37-47-53(43-9-3,44-10-4)49-51-39-41-52(42-40-51)50-54(45-11-5,46-12-6)48-38-36-34-32-30-28-26-24-22-20-18-16-14-8-2;2*1-2(3)4/h9-12,39-42H,3-8,13-38,43-50H2,1-2H3;2*1H3,(H,3,4)/q+2;;/p-2. The molecule has 0 spiro atoms. The predicted molar refractivity (Wildman–Crippen MR) is 266 cm³/mol. The normalized spacial score (nSPS) is 11.2. The Kier molecular flexibility index (Phi) is 44.0. The number of carboxylic acids is 2. The number of aliphatic carboxylic acids is 2. The van der Waals surface area contributed by atoms with Crippen molar-refractivity contribution in [1.29, 1.82) is 0 Å². The minimum absolute atomic E-state index is 0.972. The van der Waals surface area contributed by atoms with E-state index in [-0.39, 0.29) is 0 Å². The molecule has 0 saturated carbocycles. The van der Waals surface area contributed by atoms with Crippen molar-refractivity contribution in [1.82, 2.24) is 0 Å². The van der Waals surface area contributed by atoms with Gasteiger partial charge in [0.25, 0.3) is 0 Å². The zero-order valence-electron chi connectivity index (χ0n) is 41.4. The van der Waals surface area contributed by atoms with Crippen LogP contribution in [0.2, 0.25) is 0 Å². The van der Waals surface area contributed by atoms with Crippen LogP contribution in [0, 0.1) is 0 Å². The molecule has 0 radical (unpaired) electrons. The SMILES string of the molecule is C=CC[N+](CC=C)(CCCCCCCCCCCCCCCC)Cc1ccc(C[N+](CC=C)(CC=C)CCCCCCCCCCCCCCCC)cc1.CC(=O)[O-].CC(=O)[O-]. The molecular weight excluding hydrogens is 765 g/mol. The van der Waals surface area contributed by atoms with Crippen LogP contribution in [0.25, 0.3) is 0 Å². The summed E-state index contributed by atoms with van der Waals surface area (Å²) in [5, 5.41) is 17.8. The summed E-state index contributed by atoms with van der Waals surface area (Å²) in [5.74, 6) is -2.17. The lowest BCUT2D eigenvalue weighted by Crippen LogP contribution is -2.48. The summed E-state index contributed by atoms with van der Waals surface area (Å²) in [6.45, 7) is 31.8. The first-order valence-corrected chi connectivity index (χ1v) is 25.6. The Bertz CT molecular complexity index is 1090. The first-order valence-electron chi connectivity index (χ1n) is 25.6. The van der Waals surface area contributed by atoms with Gasteiger partial charge in [0.05, 0.1) is 39.3 Å². The number of quaternary nitrogens is 2. The maximum absolute atomic E-state index is 8.89. The highest BCUT2D eigenvalue weighted by atomic mass is 16.4. The van der Waals surface area contributed by atoms with Crippen LogP contribution in [0.4, 0.5) is 0 Å². The molecular formula is C56H100N2O4. The molecule has 0 bridgehead atoms. The second-order valence-electron chi connectivity index (χ2n) is 18.3. The number of nitrogens with zero attached hydrogens (tertiary/aromatic N) is 2. The largest absolute Gasteiger partial charge is 0.550 e. The van der Waals surface area contributed by atoms with Gasteiger partial charge in [0, 0.05) is 23.1 Å². The minimum Gasteiger partial charge on any atom is -0.550 e. The summed E-state index contributed by atoms with van der Waals surface area (Å²) in [5.41, 5.74) is 2.87. The van der Waals surface area contributed by atoms with Gasteiger partial charge < -0.3 is 28.8 Å². The van der Waals surface area contributed by atoms with Gasteiger partial charge in [0.15, 0.2) is 0 Å². The molecule has 6 heteroatoms. The number of carbonyl (C=O) groups excluding carboxylic acids is 2. The quantitative estimate of drug-likeness (QED) is 0.0372. The van der Waals surface area contributed by atoms with E-state index < -0.39 is 11.9 Å². The second-order valence-corrected chi connectivity index (χ2v) is 18.3. The number of carboxylic acid groups (broad SMARTS) is 2. The van der Waals surface area contributed by atoms with Gasteiger partial charge in [0.2, 0.25) is 0 Å². The van der Waals surface area contributed by atoms with Gasteiger partial charge in [-0.3, -0.25) is 0 Å². The highest BCUT2D eigenvalue weighted by molar-refractivity contribution is 5.60. The Morgan fingerprint density at radius 1 is 0.403 bits per heavy atom. The Hall–Kier alpha value is -2.96. The summed E-state index contributed by atoms with van der Waals surface area (Å²) in [6.07, 6.45) is 47.9. The molecule has 6 nitrogen and oxygen atoms in total. The van der Waals surface area contributed by atoms with Crippen LogP contribution in [-0.4, -0.2) is 60.2 Å². The Labute approximate surface area is 385 Å². The molecule has 1 aromatic rings. The Morgan fingerprint density at radius 3 is 0.758 bits per heavy atom. The van der Waals surface area contributed by atoms with Gasteiger partial charge >= 0.3 is 0 Å². The zero-order valence-corrected chi connectivity index (χ0v) is 41.4. The molecule has 0 saturated heterocycles. The minimum atomic E-state index is -1.08. The summed E-state index contributed by atoms with van der Waals surface area (Å²) >= 11 is 0. The van der Waals surface area contributed by atoms with Gasteiger partial charge in [0.1, 0.15) is 13.1 Å². The predicted octanol–water partition coefficient (Wildman–Crippen LogP) is 13.5. The topological polar surface area (TPSA) is 80.3 Å². The number of unbranched alkanes of at least 4 members (excludes halogenated alkanes) is 26. The van der Waals surface area contributed by atoms with Crippen LogP contribution in [0.5, 0.6) is 0 Å². The van der Waals surface area contributed by atoms with Crippen LogP contribution in [-0.2, 0) is 22.7 Å². The van der Waals surface area contributed by atoms with Gasteiger partial charge in [-0.1, -0.05) is 219 Å². The molecule has 1 rings (SSSR count). The lowest BCUT2D eigenvalue weighted by Gasteiger charge is -2.38. The lowest BCUT2D eigenvalue weighted by atomic mass is 10.0. The van der Waals surface area contributed by atoms with Gasteiger partial charge in [-0.15, -0.1) is 0 Å². The monoisotopic (exact) mass is 865 g/mol.